The van der Waals surface area contributed by atoms with E-state index >= 15 is 0 Å². The molecule has 1 aliphatic rings. The molecule has 4 N–H and O–H groups in total. The lowest BCUT2D eigenvalue weighted by atomic mass is 10.2. The minimum atomic E-state index is -3.56. The van der Waals surface area contributed by atoms with Crippen molar-refractivity contribution in [2.24, 2.45) is 9.50 Å². The normalized spacial score (nSPS) is 16.0. The summed E-state index contributed by atoms with van der Waals surface area (Å²) in [4.78, 5) is 17.5. The Morgan fingerprint density at radius 3 is 2.71 bits per heavy atom. The van der Waals surface area contributed by atoms with Crippen LogP contribution in [0, 0.1) is 0 Å². The molecule has 0 spiro atoms. The Bertz CT molecular complexity index is 1430. The van der Waals surface area contributed by atoms with E-state index in [-0.39, 0.29) is 22.0 Å². The number of thiophene rings is 1. The van der Waals surface area contributed by atoms with Crippen molar-refractivity contribution >= 4 is 50.1 Å². The zero-order chi connectivity index (χ0) is 21.6. The minimum Gasteiger partial charge on any atom is -0.505 e. The molecule has 5 rings (SSSR count). The molecular weight excluding hydrogens is 438 g/mol. The summed E-state index contributed by atoms with van der Waals surface area (Å²) in [5, 5.41) is 19.8. The molecule has 0 amide bonds. The van der Waals surface area contributed by atoms with E-state index in [1.165, 1.54) is 23.6 Å². The number of para-hydroxylation sites is 1. The van der Waals surface area contributed by atoms with Gasteiger partial charge >= 0.3 is 0 Å². The number of aromatic hydroxyl groups is 1. The number of benzene rings is 1. The Hall–Kier alpha value is -3.51. The van der Waals surface area contributed by atoms with Gasteiger partial charge in [0, 0.05) is 12.4 Å². The summed E-state index contributed by atoms with van der Waals surface area (Å²) in [6.07, 6.45) is 4.71. The van der Waals surface area contributed by atoms with E-state index in [0.717, 1.165) is 10.2 Å². The maximum absolute atomic E-state index is 13.4. The smallest absolute Gasteiger partial charge is 0.286 e. The molecule has 0 saturated carbocycles. The first-order valence-corrected chi connectivity index (χ1v) is 11.4. The van der Waals surface area contributed by atoms with Gasteiger partial charge in [-0.05, 0) is 41.3 Å². The van der Waals surface area contributed by atoms with E-state index in [2.05, 4.69) is 19.8 Å². The lowest BCUT2D eigenvalue weighted by Crippen LogP contribution is -2.30. The van der Waals surface area contributed by atoms with Gasteiger partial charge in [0.1, 0.15) is 10.5 Å². The van der Waals surface area contributed by atoms with Crippen LogP contribution in [-0.4, -0.2) is 35.9 Å². The molecule has 0 aliphatic carbocycles. The van der Waals surface area contributed by atoms with E-state index in [1.807, 2.05) is 0 Å². The van der Waals surface area contributed by atoms with E-state index in [1.54, 1.807) is 54.2 Å². The summed E-state index contributed by atoms with van der Waals surface area (Å²) in [6, 6.07) is 11.7. The summed E-state index contributed by atoms with van der Waals surface area (Å²) in [5.41, 5.74) is 0.691. The van der Waals surface area contributed by atoms with Crippen LogP contribution in [0.1, 0.15) is 11.1 Å². The first-order chi connectivity index (χ1) is 15.0. The van der Waals surface area contributed by atoms with E-state index in [4.69, 9.17) is 0 Å². The second-order valence-electron chi connectivity index (χ2n) is 6.58. The van der Waals surface area contributed by atoms with Crippen molar-refractivity contribution in [1.29, 1.82) is 0 Å². The Kier molecular flexibility index (Phi) is 4.59. The molecule has 9 nitrogen and oxygen atoms in total. The van der Waals surface area contributed by atoms with Gasteiger partial charge in [-0.2, -0.15) is 9.78 Å². The third-order valence-corrected chi connectivity index (χ3v) is 6.94. The topological polar surface area (TPSA) is 132 Å². The summed E-state index contributed by atoms with van der Waals surface area (Å²) in [7, 11) is -3.56. The van der Waals surface area contributed by atoms with Crippen LogP contribution in [0.15, 0.2) is 79.4 Å². The zero-order valence-electron chi connectivity index (χ0n) is 15.7. The van der Waals surface area contributed by atoms with Gasteiger partial charge in [-0.1, -0.05) is 22.9 Å². The van der Waals surface area contributed by atoms with Crippen LogP contribution in [0.3, 0.4) is 0 Å². The van der Waals surface area contributed by atoms with Gasteiger partial charge in [0.05, 0.1) is 22.1 Å². The van der Waals surface area contributed by atoms with Gasteiger partial charge < -0.3 is 10.4 Å². The maximum Gasteiger partial charge on any atom is 0.286 e. The number of nitrogens with zero attached hydrogens (tertiary/aromatic N) is 4. The Morgan fingerprint density at radius 1 is 1.13 bits per heavy atom. The number of pyridine rings is 2. The highest BCUT2D eigenvalue weighted by Gasteiger charge is 2.30. The van der Waals surface area contributed by atoms with Crippen molar-refractivity contribution in [3.05, 3.63) is 81.7 Å². The number of anilines is 1. The average molecular weight is 454 g/mol. The van der Waals surface area contributed by atoms with Gasteiger partial charge in [-0.15, -0.1) is 15.7 Å². The first kappa shape index (κ1) is 19.5. The molecule has 0 atom stereocenters. The van der Waals surface area contributed by atoms with Crippen LogP contribution in [0.4, 0.5) is 5.69 Å². The summed E-state index contributed by atoms with van der Waals surface area (Å²) in [5.74, 6) is -0.435. The van der Waals surface area contributed by atoms with Crippen LogP contribution in [-0.2, 0) is 0 Å². The second kappa shape index (κ2) is 7.32. The van der Waals surface area contributed by atoms with Crippen LogP contribution in [0.2, 0.25) is 0 Å². The number of hydrogen-bond acceptors (Lipinski definition) is 9. The molecular formula is C20H15N5O4S2. The molecule has 0 saturated heterocycles. The van der Waals surface area contributed by atoms with Gasteiger partial charge in [0.15, 0.2) is 11.6 Å². The molecule has 4 aromatic rings. The number of rotatable bonds is 3. The Morgan fingerprint density at radius 2 is 1.90 bits per heavy atom. The molecule has 1 aromatic carbocycles. The Labute approximate surface area is 181 Å². The van der Waals surface area contributed by atoms with Crippen molar-refractivity contribution < 1.29 is 14.2 Å². The molecule has 1 aliphatic heterocycles. The largest absolute Gasteiger partial charge is 0.505 e. The van der Waals surface area contributed by atoms with Crippen molar-refractivity contribution in [2.75, 3.05) is 5.32 Å². The highest BCUT2D eigenvalue weighted by Crippen LogP contribution is 2.55. The predicted octanol–water partition coefficient (Wildman–Crippen LogP) is 3.94. The molecule has 0 bridgehead atoms. The molecule has 3 aromatic heterocycles. The zero-order valence-corrected chi connectivity index (χ0v) is 17.3. The lowest BCUT2D eigenvalue weighted by Gasteiger charge is -2.34. The SMILES string of the molecule is O=c1c(C2=NS(O)(O)c3ccccc3N2)c(O)c2sccc2n1/N=C/c1ccncc1. The molecule has 11 heteroatoms. The van der Waals surface area contributed by atoms with Gasteiger partial charge in [0.25, 0.3) is 5.56 Å². The third kappa shape index (κ3) is 3.29. The molecule has 31 heavy (non-hydrogen) atoms. The highest BCUT2D eigenvalue weighted by molar-refractivity contribution is 8.23. The average Bonchev–Trinajstić information content (AvgIpc) is 3.24. The fraction of sp³-hybridized carbons (Fsp3) is 0. The van der Waals surface area contributed by atoms with Crippen molar-refractivity contribution in [1.82, 2.24) is 9.66 Å². The van der Waals surface area contributed by atoms with Crippen molar-refractivity contribution in [3.63, 3.8) is 0 Å². The van der Waals surface area contributed by atoms with Crippen LogP contribution in [0.25, 0.3) is 10.2 Å². The quantitative estimate of drug-likeness (QED) is 0.347. The third-order valence-electron chi connectivity index (χ3n) is 4.65. The highest BCUT2D eigenvalue weighted by atomic mass is 32.3. The Balaban J connectivity index is 1.71. The van der Waals surface area contributed by atoms with Crippen molar-refractivity contribution in [3.8, 4) is 5.75 Å². The van der Waals surface area contributed by atoms with Crippen LogP contribution < -0.4 is 10.9 Å². The van der Waals surface area contributed by atoms with E-state index < -0.39 is 16.3 Å². The van der Waals surface area contributed by atoms with Gasteiger partial charge in [0.2, 0.25) is 0 Å². The van der Waals surface area contributed by atoms with Crippen LogP contribution in [0.5, 0.6) is 5.75 Å². The first-order valence-electron chi connectivity index (χ1n) is 9.00. The second-order valence-corrected chi connectivity index (χ2v) is 9.16. The monoisotopic (exact) mass is 453 g/mol. The summed E-state index contributed by atoms with van der Waals surface area (Å²) >= 11 is 1.23. The lowest BCUT2D eigenvalue weighted by molar-refractivity contribution is 0.479. The van der Waals surface area contributed by atoms with Crippen LogP contribution >= 0.6 is 22.1 Å². The van der Waals surface area contributed by atoms with Crippen molar-refractivity contribution in [2.45, 2.75) is 4.90 Å². The van der Waals surface area contributed by atoms with Gasteiger partial charge in [-0.25, -0.2) is 0 Å². The standard InChI is InChI=1S/C20H15N5O4S2/c26-17-16(19-23-13-3-1-2-4-15(13)31(28,29)24-19)20(27)25(14-7-10-30-18(14)17)22-11-12-5-8-21-9-6-12/h1-11,26,28-29H,(H,23,24)/b22-11+. The maximum atomic E-state index is 13.4. The number of fused-ring (bicyclic) bond motifs is 2. The molecule has 0 unspecified atom stereocenters. The summed E-state index contributed by atoms with van der Waals surface area (Å²) < 4.78 is 26.6. The number of nitrogens with one attached hydrogen (secondary N) is 1. The molecule has 156 valence electrons. The predicted molar refractivity (Wildman–Crippen MR) is 123 cm³/mol. The fourth-order valence-electron chi connectivity index (χ4n) is 3.22. The molecule has 0 radical (unpaired) electrons. The minimum absolute atomic E-state index is 0.135. The summed E-state index contributed by atoms with van der Waals surface area (Å²) in [6.45, 7) is 0. The molecule has 4 heterocycles. The van der Waals surface area contributed by atoms with E-state index in [0.29, 0.717) is 15.9 Å². The number of hydrogen-bond donors (Lipinski definition) is 4. The number of amidine groups is 1. The number of aromatic nitrogens is 2. The van der Waals surface area contributed by atoms with E-state index in [9.17, 15) is 19.0 Å². The fourth-order valence-corrected chi connectivity index (χ4v) is 5.21. The molecule has 0 fully saturated rings. The van der Waals surface area contributed by atoms with Gasteiger partial charge in [-0.3, -0.25) is 18.9 Å².